The molecule has 1 N–H and O–H groups in total. The lowest BCUT2D eigenvalue weighted by Crippen LogP contribution is -2.02. The summed E-state index contributed by atoms with van der Waals surface area (Å²) in [5.41, 5.74) is 6.28. The van der Waals surface area contributed by atoms with Gasteiger partial charge in [0.05, 0.1) is 0 Å². The summed E-state index contributed by atoms with van der Waals surface area (Å²) in [7, 11) is 2.12. The molecular weight excluding hydrogens is 318 g/mol. The molecule has 5 aromatic rings. The molecule has 3 nitrogen and oxygen atoms in total. The number of rotatable bonds is 3. The zero-order chi connectivity index (χ0) is 17.5. The van der Waals surface area contributed by atoms with Crippen molar-refractivity contribution < 1.29 is 0 Å². The molecule has 0 amide bonds. The van der Waals surface area contributed by atoms with E-state index in [1.165, 1.54) is 38.5 Å². The van der Waals surface area contributed by atoms with Crippen LogP contribution < -0.4 is 0 Å². The van der Waals surface area contributed by atoms with Crippen LogP contribution in [0.5, 0.6) is 0 Å². The molecule has 3 aromatic heterocycles. The van der Waals surface area contributed by atoms with E-state index in [9.17, 15) is 0 Å². The van der Waals surface area contributed by atoms with Crippen LogP contribution in [0.4, 0.5) is 0 Å². The number of hydrogen-bond acceptors (Lipinski definition) is 1. The summed E-state index contributed by atoms with van der Waals surface area (Å²) in [4.78, 5) is 7.66. The molecule has 0 saturated carbocycles. The minimum Gasteiger partial charge on any atom is -0.361 e. The Balaban J connectivity index is 1.83. The Bertz CT molecular complexity index is 1200. The van der Waals surface area contributed by atoms with E-state index in [2.05, 4.69) is 94.6 Å². The number of aromatic amines is 1. The molecule has 0 aliphatic carbocycles. The average Bonchev–Trinajstić information content (AvgIpc) is 3.26. The zero-order valence-corrected chi connectivity index (χ0v) is 14.6. The van der Waals surface area contributed by atoms with E-state index in [-0.39, 0.29) is 5.92 Å². The predicted octanol–water partition coefficient (Wildman–Crippen LogP) is 5.23. The number of nitrogens with zero attached hydrogens (tertiary/aromatic N) is 2. The van der Waals surface area contributed by atoms with Gasteiger partial charge in [-0.05, 0) is 41.0 Å². The molecule has 2 aromatic carbocycles. The monoisotopic (exact) mass is 337 g/mol. The van der Waals surface area contributed by atoms with Crippen LogP contribution in [-0.4, -0.2) is 14.5 Å². The molecule has 5 rings (SSSR count). The third-order valence-corrected chi connectivity index (χ3v) is 5.21. The van der Waals surface area contributed by atoms with Gasteiger partial charge < -0.3 is 9.55 Å². The molecule has 0 radical (unpaired) electrons. The van der Waals surface area contributed by atoms with Crippen molar-refractivity contribution in [3.05, 3.63) is 102 Å². The number of H-pyrrole nitrogens is 1. The van der Waals surface area contributed by atoms with Crippen molar-refractivity contribution in [2.24, 2.45) is 7.05 Å². The molecule has 1 unspecified atom stereocenters. The summed E-state index contributed by atoms with van der Waals surface area (Å²) >= 11 is 0. The van der Waals surface area contributed by atoms with Gasteiger partial charge in [0.1, 0.15) is 0 Å². The second-order valence-corrected chi connectivity index (χ2v) is 6.72. The first-order chi connectivity index (χ1) is 12.8. The van der Waals surface area contributed by atoms with Gasteiger partial charge in [0.25, 0.3) is 0 Å². The summed E-state index contributed by atoms with van der Waals surface area (Å²) in [6.07, 6.45) is 8.17. The summed E-state index contributed by atoms with van der Waals surface area (Å²) in [6, 6.07) is 21.3. The third-order valence-electron chi connectivity index (χ3n) is 5.21. The summed E-state index contributed by atoms with van der Waals surface area (Å²) < 4.78 is 2.22. The van der Waals surface area contributed by atoms with Gasteiger partial charge in [0, 0.05) is 59.6 Å². The van der Waals surface area contributed by atoms with Gasteiger partial charge in [0.2, 0.25) is 0 Å². The van der Waals surface area contributed by atoms with Gasteiger partial charge in [-0.1, -0.05) is 36.4 Å². The van der Waals surface area contributed by atoms with Crippen LogP contribution in [0.1, 0.15) is 22.6 Å². The smallest absolute Gasteiger partial charge is 0.0480 e. The van der Waals surface area contributed by atoms with Crippen molar-refractivity contribution in [1.82, 2.24) is 14.5 Å². The molecule has 0 bridgehead atoms. The number of nitrogens with one attached hydrogen (secondary N) is 1. The van der Waals surface area contributed by atoms with Crippen LogP contribution in [-0.2, 0) is 7.05 Å². The molecule has 0 saturated heterocycles. The van der Waals surface area contributed by atoms with Crippen molar-refractivity contribution in [3.63, 3.8) is 0 Å². The minimum atomic E-state index is 0.153. The Labute approximate surface area is 151 Å². The molecule has 0 fully saturated rings. The van der Waals surface area contributed by atoms with Crippen LogP contribution in [0.15, 0.2) is 85.5 Å². The Morgan fingerprint density at radius 2 is 1.58 bits per heavy atom. The van der Waals surface area contributed by atoms with Crippen LogP contribution in [0.2, 0.25) is 0 Å². The Hall–Kier alpha value is -3.33. The van der Waals surface area contributed by atoms with Gasteiger partial charge in [-0.3, -0.25) is 4.98 Å². The summed E-state index contributed by atoms with van der Waals surface area (Å²) in [5, 5.41) is 2.56. The van der Waals surface area contributed by atoms with E-state index < -0.39 is 0 Å². The Kier molecular flexibility index (Phi) is 3.39. The lowest BCUT2D eigenvalue weighted by atomic mass is 9.85. The number of para-hydroxylation sites is 2. The highest BCUT2D eigenvalue weighted by Gasteiger charge is 2.23. The first kappa shape index (κ1) is 15.0. The highest BCUT2D eigenvalue weighted by molar-refractivity contribution is 5.89. The highest BCUT2D eigenvalue weighted by Crippen LogP contribution is 2.39. The Morgan fingerprint density at radius 1 is 0.846 bits per heavy atom. The quantitative estimate of drug-likeness (QED) is 0.480. The zero-order valence-electron chi connectivity index (χ0n) is 14.6. The fourth-order valence-electron chi connectivity index (χ4n) is 4.02. The fraction of sp³-hybridized carbons (Fsp3) is 0.0870. The van der Waals surface area contributed by atoms with E-state index in [1.807, 2.05) is 12.4 Å². The number of hydrogen-bond donors (Lipinski definition) is 1. The number of benzene rings is 2. The second kappa shape index (κ2) is 5.88. The molecule has 1 atom stereocenters. The molecule has 3 heteroatoms. The summed E-state index contributed by atoms with van der Waals surface area (Å²) in [6.45, 7) is 0. The average molecular weight is 337 g/mol. The van der Waals surface area contributed by atoms with E-state index in [0.717, 1.165) is 0 Å². The van der Waals surface area contributed by atoms with Crippen LogP contribution in [0.3, 0.4) is 0 Å². The molecule has 0 aliphatic heterocycles. The molecule has 0 aliphatic rings. The molecule has 26 heavy (non-hydrogen) atoms. The highest BCUT2D eigenvalue weighted by atomic mass is 14.9. The number of pyridine rings is 1. The van der Waals surface area contributed by atoms with Gasteiger partial charge >= 0.3 is 0 Å². The number of fused-ring (bicyclic) bond motifs is 2. The third kappa shape index (κ3) is 2.25. The molecule has 3 heterocycles. The van der Waals surface area contributed by atoms with E-state index in [4.69, 9.17) is 0 Å². The van der Waals surface area contributed by atoms with Gasteiger partial charge in [0.15, 0.2) is 0 Å². The maximum Gasteiger partial charge on any atom is 0.0480 e. The second-order valence-electron chi connectivity index (χ2n) is 6.72. The first-order valence-electron chi connectivity index (χ1n) is 8.83. The summed E-state index contributed by atoms with van der Waals surface area (Å²) in [5.74, 6) is 0.153. The minimum absolute atomic E-state index is 0.153. The Morgan fingerprint density at radius 3 is 2.42 bits per heavy atom. The topological polar surface area (TPSA) is 33.6 Å². The molecule has 0 spiro atoms. The SMILES string of the molecule is Cn1cc(C(c2ccncc2)c2c[nH]c3ccccc23)c2ccccc21. The van der Waals surface area contributed by atoms with Gasteiger partial charge in [-0.25, -0.2) is 0 Å². The van der Waals surface area contributed by atoms with Crippen LogP contribution >= 0.6 is 0 Å². The standard InChI is InChI=1S/C23H19N3/c1-26-15-20(18-7-3-5-9-22(18)26)23(16-10-12-24-13-11-16)19-14-25-21-8-4-2-6-17(19)21/h2-15,23,25H,1H3. The van der Waals surface area contributed by atoms with Gasteiger partial charge in [-0.2, -0.15) is 0 Å². The van der Waals surface area contributed by atoms with Crippen molar-refractivity contribution in [3.8, 4) is 0 Å². The van der Waals surface area contributed by atoms with E-state index in [0.29, 0.717) is 0 Å². The lowest BCUT2D eigenvalue weighted by Gasteiger charge is -2.17. The normalized spacial score (nSPS) is 12.7. The number of aryl methyl sites for hydroxylation is 1. The van der Waals surface area contributed by atoms with Crippen molar-refractivity contribution >= 4 is 21.8 Å². The number of aromatic nitrogens is 3. The molecular formula is C23H19N3. The maximum atomic E-state index is 4.22. The van der Waals surface area contributed by atoms with Crippen molar-refractivity contribution in [1.29, 1.82) is 0 Å². The van der Waals surface area contributed by atoms with E-state index >= 15 is 0 Å². The fourth-order valence-corrected chi connectivity index (χ4v) is 4.02. The van der Waals surface area contributed by atoms with Crippen LogP contribution in [0, 0.1) is 0 Å². The van der Waals surface area contributed by atoms with Gasteiger partial charge in [-0.15, -0.1) is 0 Å². The largest absolute Gasteiger partial charge is 0.361 e. The predicted molar refractivity (Wildman–Crippen MR) is 106 cm³/mol. The lowest BCUT2D eigenvalue weighted by molar-refractivity contribution is 0.929. The van der Waals surface area contributed by atoms with Crippen molar-refractivity contribution in [2.45, 2.75) is 5.92 Å². The van der Waals surface area contributed by atoms with Crippen molar-refractivity contribution in [2.75, 3.05) is 0 Å². The maximum absolute atomic E-state index is 4.22. The van der Waals surface area contributed by atoms with E-state index in [1.54, 1.807) is 0 Å². The first-order valence-corrected chi connectivity index (χ1v) is 8.83. The molecule has 126 valence electrons. The van der Waals surface area contributed by atoms with Crippen LogP contribution in [0.25, 0.3) is 21.8 Å².